The van der Waals surface area contributed by atoms with Crippen molar-refractivity contribution in [3.8, 4) is 0 Å². The molecule has 15 heavy (non-hydrogen) atoms. The maximum atomic E-state index is 11.3. The molecule has 0 radical (unpaired) electrons. The molecular formula is C9H16N2O3S. The summed E-state index contributed by atoms with van der Waals surface area (Å²) in [7, 11) is -2.92. The topological polar surface area (TPSA) is 72.2 Å². The summed E-state index contributed by atoms with van der Waals surface area (Å²) in [6, 6.07) is 1.67. The van der Waals surface area contributed by atoms with E-state index in [4.69, 9.17) is 0 Å². The van der Waals surface area contributed by atoms with E-state index in [1.165, 1.54) is 6.26 Å². The van der Waals surface area contributed by atoms with Crippen LogP contribution in [0.15, 0.2) is 16.9 Å². The summed E-state index contributed by atoms with van der Waals surface area (Å²) in [5.41, 5.74) is 0.774. The van der Waals surface area contributed by atoms with Crippen LogP contribution in [0.25, 0.3) is 0 Å². The number of hydrogen-bond donors (Lipinski definition) is 1. The number of hydrogen-bond acceptors (Lipinski definition) is 5. The fourth-order valence-corrected chi connectivity index (χ4v) is 2.28. The quantitative estimate of drug-likeness (QED) is 0.777. The third kappa shape index (κ3) is 4.44. The molecule has 0 aliphatic carbocycles. The van der Waals surface area contributed by atoms with Gasteiger partial charge in [0, 0.05) is 24.4 Å². The van der Waals surface area contributed by atoms with Gasteiger partial charge in [0.15, 0.2) is 9.84 Å². The number of sulfone groups is 1. The van der Waals surface area contributed by atoms with E-state index in [2.05, 4.69) is 15.0 Å². The summed E-state index contributed by atoms with van der Waals surface area (Å²) in [5.74, 6) is 0.338. The number of nitrogens with zero attached hydrogens (tertiary/aromatic N) is 1. The lowest BCUT2D eigenvalue weighted by Crippen LogP contribution is -2.33. The van der Waals surface area contributed by atoms with Crippen LogP contribution in [0.3, 0.4) is 0 Å². The first-order valence-corrected chi connectivity index (χ1v) is 6.68. The zero-order valence-electron chi connectivity index (χ0n) is 8.93. The van der Waals surface area contributed by atoms with Crippen molar-refractivity contribution in [2.75, 3.05) is 11.5 Å². The third-order valence-electron chi connectivity index (χ3n) is 2.07. The Labute approximate surface area is 89.8 Å². The SMILES string of the molecule is CCS(=O)(=O)CC(C)NCc1ccon1. The van der Waals surface area contributed by atoms with E-state index < -0.39 is 9.84 Å². The van der Waals surface area contributed by atoms with Crippen LogP contribution in [0.4, 0.5) is 0 Å². The molecule has 1 aromatic rings. The highest BCUT2D eigenvalue weighted by Gasteiger charge is 2.13. The lowest BCUT2D eigenvalue weighted by Gasteiger charge is -2.11. The molecule has 0 aliphatic heterocycles. The molecule has 0 spiro atoms. The second-order valence-corrected chi connectivity index (χ2v) is 5.87. The Morgan fingerprint density at radius 2 is 2.33 bits per heavy atom. The van der Waals surface area contributed by atoms with Crippen molar-refractivity contribution in [2.45, 2.75) is 26.4 Å². The van der Waals surface area contributed by atoms with Crippen LogP contribution in [0, 0.1) is 0 Å². The molecule has 0 bridgehead atoms. The molecule has 1 unspecified atom stereocenters. The van der Waals surface area contributed by atoms with Crippen LogP contribution in [0.5, 0.6) is 0 Å². The first-order valence-electron chi connectivity index (χ1n) is 4.86. The van der Waals surface area contributed by atoms with Crippen LogP contribution in [-0.4, -0.2) is 31.1 Å². The van der Waals surface area contributed by atoms with Gasteiger partial charge in [-0.3, -0.25) is 0 Å². The molecule has 86 valence electrons. The molecule has 1 heterocycles. The lowest BCUT2D eigenvalue weighted by atomic mass is 10.3. The maximum Gasteiger partial charge on any atom is 0.151 e. The van der Waals surface area contributed by atoms with Gasteiger partial charge in [-0.15, -0.1) is 0 Å². The Bertz CT molecular complexity index is 372. The first-order chi connectivity index (χ1) is 7.03. The Hall–Kier alpha value is -0.880. The molecule has 0 aliphatic rings. The minimum absolute atomic E-state index is 0.0772. The van der Waals surface area contributed by atoms with Gasteiger partial charge in [-0.1, -0.05) is 12.1 Å². The smallest absolute Gasteiger partial charge is 0.151 e. The highest BCUT2D eigenvalue weighted by atomic mass is 32.2. The van der Waals surface area contributed by atoms with Crippen molar-refractivity contribution < 1.29 is 12.9 Å². The Kier molecular flexibility index (Phi) is 4.28. The predicted octanol–water partition coefficient (Wildman–Crippen LogP) is 0.587. The second kappa shape index (κ2) is 5.27. The summed E-state index contributed by atoms with van der Waals surface area (Å²) >= 11 is 0. The van der Waals surface area contributed by atoms with Crippen LogP contribution in [0.2, 0.25) is 0 Å². The molecule has 1 N–H and O–H groups in total. The molecule has 0 amide bonds. The van der Waals surface area contributed by atoms with Crippen molar-refractivity contribution in [1.29, 1.82) is 0 Å². The summed E-state index contributed by atoms with van der Waals surface area (Å²) in [6.07, 6.45) is 1.49. The average molecular weight is 232 g/mol. The Morgan fingerprint density at radius 3 is 2.87 bits per heavy atom. The van der Waals surface area contributed by atoms with E-state index in [9.17, 15) is 8.42 Å². The normalized spacial score (nSPS) is 14.0. The molecule has 0 aromatic carbocycles. The van der Waals surface area contributed by atoms with Crippen LogP contribution < -0.4 is 5.32 Å². The van der Waals surface area contributed by atoms with Gasteiger partial charge in [0.2, 0.25) is 0 Å². The number of rotatable bonds is 6. The molecule has 0 fully saturated rings. The van der Waals surface area contributed by atoms with Crippen LogP contribution >= 0.6 is 0 Å². The van der Waals surface area contributed by atoms with E-state index >= 15 is 0 Å². The number of aromatic nitrogens is 1. The van der Waals surface area contributed by atoms with E-state index in [0.717, 1.165) is 5.69 Å². The minimum Gasteiger partial charge on any atom is -0.364 e. The zero-order valence-corrected chi connectivity index (χ0v) is 9.75. The predicted molar refractivity (Wildman–Crippen MR) is 57.1 cm³/mol. The van der Waals surface area contributed by atoms with E-state index in [0.29, 0.717) is 6.54 Å². The van der Waals surface area contributed by atoms with E-state index in [-0.39, 0.29) is 17.5 Å². The van der Waals surface area contributed by atoms with Gasteiger partial charge >= 0.3 is 0 Å². The van der Waals surface area contributed by atoms with E-state index in [1.807, 2.05) is 6.92 Å². The highest BCUT2D eigenvalue weighted by molar-refractivity contribution is 7.91. The van der Waals surface area contributed by atoms with Gasteiger partial charge in [0.05, 0.1) is 11.4 Å². The maximum absolute atomic E-state index is 11.3. The standard InChI is InChI=1S/C9H16N2O3S/c1-3-15(12,13)7-8(2)10-6-9-4-5-14-11-9/h4-5,8,10H,3,6-7H2,1-2H3. The summed E-state index contributed by atoms with van der Waals surface area (Å²) in [4.78, 5) is 0. The second-order valence-electron chi connectivity index (χ2n) is 3.47. The van der Waals surface area contributed by atoms with Crippen molar-refractivity contribution in [1.82, 2.24) is 10.5 Å². The minimum atomic E-state index is -2.92. The molecule has 0 saturated carbocycles. The van der Waals surface area contributed by atoms with Gasteiger partial charge in [0.1, 0.15) is 6.26 Å². The van der Waals surface area contributed by atoms with Gasteiger partial charge < -0.3 is 9.84 Å². The Balaban J connectivity index is 2.34. The zero-order chi connectivity index (χ0) is 11.3. The largest absolute Gasteiger partial charge is 0.364 e. The fraction of sp³-hybridized carbons (Fsp3) is 0.667. The lowest BCUT2D eigenvalue weighted by molar-refractivity contribution is 0.406. The van der Waals surface area contributed by atoms with Crippen molar-refractivity contribution in [2.24, 2.45) is 0 Å². The highest BCUT2D eigenvalue weighted by Crippen LogP contribution is 1.97. The van der Waals surface area contributed by atoms with Gasteiger partial charge in [0.25, 0.3) is 0 Å². The first kappa shape index (κ1) is 12.2. The van der Waals surface area contributed by atoms with Gasteiger partial charge in [-0.25, -0.2) is 8.42 Å². The molecule has 6 heteroatoms. The molecule has 0 saturated heterocycles. The molecule has 5 nitrogen and oxygen atoms in total. The van der Waals surface area contributed by atoms with Gasteiger partial charge in [-0.2, -0.15) is 0 Å². The molecule has 1 atom stereocenters. The fourth-order valence-electron chi connectivity index (χ4n) is 1.17. The van der Waals surface area contributed by atoms with Crippen molar-refractivity contribution in [3.05, 3.63) is 18.0 Å². The third-order valence-corrected chi connectivity index (χ3v) is 3.95. The summed E-state index contributed by atoms with van der Waals surface area (Å²) in [6.45, 7) is 4.02. The number of nitrogens with one attached hydrogen (secondary N) is 1. The summed E-state index contributed by atoms with van der Waals surface area (Å²) < 4.78 is 27.3. The van der Waals surface area contributed by atoms with Gasteiger partial charge in [-0.05, 0) is 6.92 Å². The molecule has 1 rings (SSSR count). The van der Waals surface area contributed by atoms with Crippen molar-refractivity contribution in [3.63, 3.8) is 0 Å². The van der Waals surface area contributed by atoms with Crippen molar-refractivity contribution >= 4 is 9.84 Å². The van der Waals surface area contributed by atoms with Crippen LogP contribution in [0.1, 0.15) is 19.5 Å². The van der Waals surface area contributed by atoms with Crippen LogP contribution in [-0.2, 0) is 16.4 Å². The summed E-state index contributed by atoms with van der Waals surface area (Å²) in [5, 5.41) is 6.79. The Morgan fingerprint density at radius 1 is 1.60 bits per heavy atom. The van der Waals surface area contributed by atoms with E-state index in [1.54, 1.807) is 13.0 Å². The molecular weight excluding hydrogens is 216 g/mol. The monoisotopic (exact) mass is 232 g/mol. The molecule has 1 aromatic heterocycles. The average Bonchev–Trinajstić information content (AvgIpc) is 2.66.